The van der Waals surface area contributed by atoms with E-state index >= 15 is 0 Å². The van der Waals surface area contributed by atoms with Crippen LogP contribution in [0.4, 0.5) is 5.00 Å². The lowest BCUT2D eigenvalue weighted by Crippen LogP contribution is -2.41. The van der Waals surface area contributed by atoms with E-state index < -0.39 is 15.9 Å². The lowest BCUT2D eigenvalue weighted by Gasteiger charge is -2.30. The molecule has 1 aromatic carbocycles. The van der Waals surface area contributed by atoms with Crippen LogP contribution in [0.15, 0.2) is 45.5 Å². The molecule has 1 aliphatic rings. The molecule has 0 atom stereocenters. The highest BCUT2D eigenvalue weighted by Crippen LogP contribution is 2.28. The van der Waals surface area contributed by atoms with Crippen molar-refractivity contribution < 1.29 is 18.0 Å². The van der Waals surface area contributed by atoms with Gasteiger partial charge in [-0.3, -0.25) is 9.59 Å². The van der Waals surface area contributed by atoms with Gasteiger partial charge in [-0.05, 0) is 54.8 Å². The topological polar surface area (TPSA) is 110 Å². The number of anilines is 1. The Bertz CT molecular complexity index is 962. The summed E-state index contributed by atoms with van der Waals surface area (Å²) in [4.78, 5) is 25.1. The van der Waals surface area contributed by atoms with Gasteiger partial charge in [-0.2, -0.15) is 4.31 Å². The zero-order chi connectivity index (χ0) is 20.3. The molecule has 28 heavy (non-hydrogen) atoms. The number of primary amides is 1. The zero-order valence-electron chi connectivity index (χ0n) is 15.3. The molecule has 0 radical (unpaired) electrons. The summed E-state index contributed by atoms with van der Waals surface area (Å²) in [7, 11) is -3.57. The first-order valence-electron chi connectivity index (χ1n) is 8.65. The average Bonchev–Trinajstić information content (AvgIpc) is 3.16. The first kappa shape index (κ1) is 20.8. The fourth-order valence-electron chi connectivity index (χ4n) is 3.07. The number of amides is 2. The fourth-order valence-corrected chi connectivity index (χ4v) is 5.74. The van der Waals surface area contributed by atoms with Crippen molar-refractivity contribution in [3.63, 3.8) is 0 Å². The Morgan fingerprint density at radius 1 is 1.18 bits per heavy atom. The number of carbonyl (C=O) groups excluding carboxylic acids is 2. The SMILES string of the molecule is CSc1ccc(S(=O)(=O)N2CCC(C(=O)Nc3sccc3C(N)=O)CC2)cc1. The Labute approximate surface area is 172 Å². The number of carbonyl (C=O) groups is 2. The van der Waals surface area contributed by atoms with Gasteiger partial charge in [-0.1, -0.05) is 0 Å². The number of piperidine rings is 1. The van der Waals surface area contributed by atoms with Crippen LogP contribution in [0.2, 0.25) is 0 Å². The highest BCUT2D eigenvalue weighted by Gasteiger charge is 2.32. The van der Waals surface area contributed by atoms with Crippen LogP contribution in [0.5, 0.6) is 0 Å². The Morgan fingerprint density at radius 2 is 1.82 bits per heavy atom. The molecule has 0 saturated carbocycles. The Hall–Kier alpha value is -1.88. The quantitative estimate of drug-likeness (QED) is 0.673. The van der Waals surface area contributed by atoms with Gasteiger partial charge >= 0.3 is 0 Å². The summed E-state index contributed by atoms with van der Waals surface area (Å²) >= 11 is 2.78. The van der Waals surface area contributed by atoms with Crippen LogP contribution in [0.1, 0.15) is 23.2 Å². The van der Waals surface area contributed by atoms with Gasteiger partial charge in [0.25, 0.3) is 5.91 Å². The lowest BCUT2D eigenvalue weighted by molar-refractivity contribution is -0.120. The van der Waals surface area contributed by atoms with Crippen molar-refractivity contribution in [2.24, 2.45) is 11.7 Å². The largest absolute Gasteiger partial charge is 0.366 e. The van der Waals surface area contributed by atoms with E-state index in [1.807, 2.05) is 6.26 Å². The number of nitrogens with two attached hydrogens (primary N) is 1. The van der Waals surface area contributed by atoms with E-state index in [-0.39, 0.29) is 35.4 Å². The standard InChI is InChI=1S/C18H21N3O4S3/c1-26-13-2-4-14(5-3-13)28(24,25)21-9-6-12(7-10-21)17(23)20-18-15(16(19)22)8-11-27-18/h2-5,8,11-12H,6-7,9-10H2,1H3,(H2,19,22)(H,20,23). The molecule has 0 spiro atoms. The summed E-state index contributed by atoms with van der Waals surface area (Å²) in [6.07, 6.45) is 2.78. The van der Waals surface area contributed by atoms with E-state index in [1.54, 1.807) is 47.5 Å². The first-order valence-corrected chi connectivity index (χ1v) is 12.2. The predicted octanol–water partition coefficient (Wildman–Crippen LogP) is 2.61. The molecule has 2 aromatic rings. The summed E-state index contributed by atoms with van der Waals surface area (Å²) in [6, 6.07) is 8.37. The molecule has 7 nitrogen and oxygen atoms in total. The van der Waals surface area contributed by atoms with Gasteiger partial charge in [0.1, 0.15) is 5.00 Å². The van der Waals surface area contributed by atoms with Gasteiger partial charge in [0, 0.05) is 23.9 Å². The molecule has 1 saturated heterocycles. The molecular formula is C18H21N3O4S3. The number of sulfonamides is 1. The maximum atomic E-state index is 12.8. The van der Waals surface area contributed by atoms with E-state index in [9.17, 15) is 18.0 Å². The van der Waals surface area contributed by atoms with Crippen molar-refractivity contribution in [3.05, 3.63) is 41.3 Å². The molecule has 0 unspecified atom stereocenters. The van der Waals surface area contributed by atoms with E-state index in [4.69, 9.17) is 5.73 Å². The number of thioether (sulfide) groups is 1. The molecule has 150 valence electrons. The van der Waals surface area contributed by atoms with Crippen molar-refractivity contribution in [3.8, 4) is 0 Å². The summed E-state index contributed by atoms with van der Waals surface area (Å²) in [6.45, 7) is 0.551. The van der Waals surface area contributed by atoms with Crippen molar-refractivity contribution in [2.45, 2.75) is 22.6 Å². The molecule has 0 bridgehead atoms. The maximum Gasteiger partial charge on any atom is 0.251 e. The maximum absolute atomic E-state index is 12.8. The summed E-state index contributed by atoms with van der Waals surface area (Å²) in [5.41, 5.74) is 5.58. The number of hydrogen-bond acceptors (Lipinski definition) is 6. The van der Waals surface area contributed by atoms with Crippen LogP contribution in [-0.2, 0) is 14.8 Å². The van der Waals surface area contributed by atoms with E-state index in [0.29, 0.717) is 17.8 Å². The number of benzene rings is 1. The second kappa shape index (κ2) is 8.64. The molecule has 2 amide bonds. The monoisotopic (exact) mass is 439 g/mol. The number of thiophene rings is 1. The molecule has 1 aliphatic heterocycles. The highest BCUT2D eigenvalue weighted by atomic mass is 32.2. The minimum atomic E-state index is -3.57. The van der Waals surface area contributed by atoms with Gasteiger partial charge in [-0.15, -0.1) is 23.1 Å². The Balaban J connectivity index is 1.62. The second-order valence-electron chi connectivity index (χ2n) is 6.37. The van der Waals surface area contributed by atoms with Crippen molar-refractivity contribution in [2.75, 3.05) is 24.7 Å². The summed E-state index contributed by atoms with van der Waals surface area (Å²) < 4.78 is 27.0. The van der Waals surface area contributed by atoms with Crippen molar-refractivity contribution in [1.82, 2.24) is 4.31 Å². The van der Waals surface area contributed by atoms with Crippen LogP contribution in [0, 0.1) is 5.92 Å². The lowest BCUT2D eigenvalue weighted by atomic mass is 9.97. The molecule has 2 heterocycles. The predicted molar refractivity (Wildman–Crippen MR) is 111 cm³/mol. The van der Waals surface area contributed by atoms with Gasteiger partial charge < -0.3 is 11.1 Å². The fraction of sp³-hybridized carbons (Fsp3) is 0.333. The average molecular weight is 440 g/mol. The molecule has 10 heteroatoms. The van der Waals surface area contributed by atoms with Crippen LogP contribution < -0.4 is 11.1 Å². The normalized spacial score (nSPS) is 16.0. The first-order chi connectivity index (χ1) is 13.3. The van der Waals surface area contributed by atoms with Gasteiger partial charge in [0.15, 0.2) is 0 Å². The minimum absolute atomic E-state index is 0.216. The molecular weight excluding hydrogens is 418 g/mol. The Morgan fingerprint density at radius 3 is 2.39 bits per heavy atom. The van der Waals surface area contributed by atoms with Crippen LogP contribution >= 0.6 is 23.1 Å². The van der Waals surface area contributed by atoms with Gasteiger partial charge in [0.05, 0.1) is 10.5 Å². The third-order valence-electron chi connectivity index (χ3n) is 4.69. The van der Waals surface area contributed by atoms with Gasteiger partial charge in [-0.25, -0.2) is 8.42 Å². The Kier molecular flexibility index (Phi) is 6.43. The molecule has 3 rings (SSSR count). The third kappa shape index (κ3) is 4.40. The van der Waals surface area contributed by atoms with E-state index in [2.05, 4.69) is 5.32 Å². The summed E-state index contributed by atoms with van der Waals surface area (Å²) in [5.74, 6) is -1.12. The van der Waals surface area contributed by atoms with Crippen molar-refractivity contribution in [1.29, 1.82) is 0 Å². The molecule has 3 N–H and O–H groups in total. The zero-order valence-corrected chi connectivity index (χ0v) is 17.7. The van der Waals surface area contributed by atoms with E-state index in [0.717, 1.165) is 4.90 Å². The van der Waals surface area contributed by atoms with Crippen molar-refractivity contribution >= 4 is 49.9 Å². The highest BCUT2D eigenvalue weighted by molar-refractivity contribution is 7.98. The van der Waals surface area contributed by atoms with Gasteiger partial charge in [0.2, 0.25) is 15.9 Å². The third-order valence-corrected chi connectivity index (χ3v) is 8.18. The molecule has 1 aromatic heterocycles. The minimum Gasteiger partial charge on any atom is -0.366 e. The molecule has 0 aliphatic carbocycles. The number of hydrogen-bond donors (Lipinski definition) is 2. The van der Waals surface area contributed by atoms with Crippen LogP contribution in [-0.4, -0.2) is 43.9 Å². The number of nitrogens with one attached hydrogen (secondary N) is 1. The number of rotatable bonds is 6. The van der Waals surface area contributed by atoms with Crippen LogP contribution in [0.25, 0.3) is 0 Å². The second-order valence-corrected chi connectivity index (χ2v) is 10.1. The van der Waals surface area contributed by atoms with Crippen LogP contribution in [0.3, 0.4) is 0 Å². The molecule has 1 fully saturated rings. The summed E-state index contributed by atoms with van der Waals surface area (Å²) in [5, 5.41) is 4.87. The number of nitrogens with zero attached hydrogens (tertiary/aromatic N) is 1. The van der Waals surface area contributed by atoms with E-state index in [1.165, 1.54) is 15.6 Å². The smallest absolute Gasteiger partial charge is 0.251 e.